The van der Waals surface area contributed by atoms with Crippen molar-refractivity contribution in [2.75, 3.05) is 0 Å². The minimum absolute atomic E-state index is 0.0345. The average Bonchev–Trinajstić information content (AvgIpc) is 2.46. The maximum atomic E-state index is 10.8. The maximum absolute atomic E-state index is 10.8. The van der Waals surface area contributed by atoms with Gasteiger partial charge in [0.05, 0.1) is 17.1 Å². The van der Waals surface area contributed by atoms with Crippen LogP contribution in [0.2, 0.25) is 0 Å². The van der Waals surface area contributed by atoms with E-state index in [0.717, 1.165) is 10.6 Å². The van der Waals surface area contributed by atoms with Gasteiger partial charge in [-0.25, -0.2) is 0 Å². The molecule has 0 radical (unpaired) electrons. The number of benzene rings is 2. The Balaban J connectivity index is 2.15. The summed E-state index contributed by atoms with van der Waals surface area (Å²) >= 11 is 1.60. The van der Waals surface area contributed by atoms with Crippen LogP contribution in [0.4, 0.5) is 5.69 Å². The number of hydrogen-bond donors (Lipinski definition) is 1. The van der Waals surface area contributed by atoms with Crippen molar-refractivity contribution in [1.29, 1.82) is 0 Å². The number of aryl methyl sites for hydroxylation is 1. The van der Waals surface area contributed by atoms with E-state index in [1.807, 2.05) is 12.1 Å². The first kappa shape index (κ1) is 14.6. The van der Waals surface area contributed by atoms with E-state index in [2.05, 4.69) is 19.1 Å². The molecule has 0 aliphatic heterocycles. The van der Waals surface area contributed by atoms with Gasteiger partial charge in [-0.3, -0.25) is 10.1 Å². The molecule has 0 aliphatic carbocycles. The van der Waals surface area contributed by atoms with Crippen LogP contribution in [0.1, 0.15) is 16.7 Å². The molecule has 0 fully saturated rings. The molecule has 104 valence electrons. The van der Waals surface area contributed by atoms with Crippen molar-refractivity contribution in [3.8, 4) is 0 Å². The summed E-state index contributed by atoms with van der Waals surface area (Å²) in [6, 6.07) is 13.0. The van der Waals surface area contributed by atoms with Gasteiger partial charge in [0.15, 0.2) is 0 Å². The highest BCUT2D eigenvalue weighted by atomic mass is 32.2. The number of aliphatic hydroxyl groups is 1. The molecule has 2 aromatic rings. The first-order valence-corrected chi connectivity index (χ1v) is 7.16. The SMILES string of the molecule is Cc1ccccc1CSc1ccc([N+](=O)[O-])c(CO)c1. The monoisotopic (exact) mass is 289 g/mol. The summed E-state index contributed by atoms with van der Waals surface area (Å²) in [5.74, 6) is 0.801. The topological polar surface area (TPSA) is 63.4 Å². The third-order valence-electron chi connectivity index (χ3n) is 3.07. The molecule has 0 unspecified atom stereocenters. The number of thioether (sulfide) groups is 1. The minimum Gasteiger partial charge on any atom is -0.391 e. The van der Waals surface area contributed by atoms with E-state index < -0.39 is 4.92 Å². The van der Waals surface area contributed by atoms with Crippen LogP contribution in [0.25, 0.3) is 0 Å². The molecule has 2 rings (SSSR count). The lowest BCUT2D eigenvalue weighted by Crippen LogP contribution is -1.95. The summed E-state index contributed by atoms with van der Waals surface area (Å²) in [6.07, 6.45) is 0. The minimum atomic E-state index is -0.471. The Morgan fingerprint density at radius 3 is 2.60 bits per heavy atom. The van der Waals surface area contributed by atoms with E-state index in [0.29, 0.717) is 5.56 Å². The van der Waals surface area contributed by atoms with Crippen LogP contribution >= 0.6 is 11.8 Å². The van der Waals surface area contributed by atoms with Crippen LogP contribution in [0, 0.1) is 17.0 Å². The smallest absolute Gasteiger partial charge is 0.274 e. The van der Waals surface area contributed by atoms with Gasteiger partial charge >= 0.3 is 0 Å². The molecule has 0 aromatic heterocycles. The molecule has 1 N–H and O–H groups in total. The second kappa shape index (κ2) is 6.54. The van der Waals surface area contributed by atoms with Crippen LogP contribution < -0.4 is 0 Å². The Bertz CT molecular complexity index is 628. The van der Waals surface area contributed by atoms with Crippen molar-refractivity contribution in [3.63, 3.8) is 0 Å². The lowest BCUT2D eigenvalue weighted by molar-refractivity contribution is -0.385. The van der Waals surface area contributed by atoms with Gasteiger partial charge in [-0.15, -0.1) is 11.8 Å². The van der Waals surface area contributed by atoms with E-state index in [1.165, 1.54) is 17.2 Å². The van der Waals surface area contributed by atoms with Crippen LogP contribution in [-0.2, 0) is 12.4 Å². The maximum Gasteiger partial charge on any atom is 0.274 e. The Hall–Kier alpha value is -1.85. The number of nitrogens with zero attached hydrogens (tertiary/aromatic N) is 1. The highest BCUT2D eigenvalue weighted by Gasteiger charge is 2.13. The second-order valence-corrected chi connectivity index (χ2v) is 5.47. The van der Waals surface area contributed by atoms with Crippen LogP contribution in [0.3, 0.4) is 0 Å². The normalized spacial score (nSPS) is 10.5. The zero-order chi connectivity index (χ0) is 14.5. The summed E-state index contributed by atoms with van der Waals surface area (Å²) in [7, 11) is 0. The summed E-state index contributed by atoms with van der Waals surface area (Å²) in [5.41, 5.74) is 2.78. The average molecular weight is 289 g/mol. The van der Waals surface area contributed by atoms with Gasteiger partial charge in [-0.2, -0.15) is 0 Å². The molecule has 20 heavy (non-hydrogen) atoms. The molecule has 0 bridgehead atoms. The number of nitro benzene ring substituents is 1. The molecule has 4 nitrogen and oxygen atoms in total. The highest BCUT2D eigenvalue weighted by molar-refractivity contribution is 7.98. The van der Waals surface area contributed by atoms with Crippen molar-refractivity contribution >= 4 is 17.4 Å². The van der Waals surface area contributed by atoms with Crippen molar-refractivity contribution in [3.05, 3.63) is 69.3 Å². The Labute approximate surface area is 121 Å². The largest absolute Gasteiger partial charge is 0.391 e. The van der Waals surface area contributed by atoms with E-state index in [9.17, 15) is 15.2 Å². The van der Waals surface area contributed by atoms with Gasteiger partial charge in [0.1, 0.15) is 0 Å². The predicted molar refractivity (Wildman–Crippen MR) is 79.8 cm³/mol. The first-order valence-electron chi connectivity index (χ1n) is 6.17. The molecule has 0 amide bonds. The van der Waals surface area contributed by atoms with Crippen molar-refractivity contribution in [1.82, 2.24) is 0 Å². The van der Waals surface area contributed by atoms with Gasteiger partial charge in [-0.05, 0) is 30.2 Å². The predicted octanol–water partition coefficient (Wildman–Crippen LogP) is 3.69. The zero-order valence-electron chi connectivity index (χ0n) is 11.1. The standard InChI is InChI=1S/C15H15NO3S/c1-11-4-2-3-5-12(11)10-20-14-6-7-15(16(18)19)13(8-14)9-17/h2-8,17H,9-10H2,1H3. The molecule has 0 atom stereocenters. The van der Waals surface area contributed by atoms with E-state index in [4.69, 9.17) is 0 Å². The van der Waals surface area contributed by atoms with Crippen molar-refractivity contribution in [2.24, 2.45) is 0 Å². The van der Waals surface area contributed by atoms with Crippen LogP contribution in [0.15, 0.2) is 47.4 Å². The van der Waals surface area contributed by atoms with E-state index in [1.54, 1.807) is 23.9 Å². The van der Waals surface area contributed by atoms with Gasteiger partial charge in [0.2, 0.25) is 0 Å². The molecule has 2 aromatic carbocycles. The van der Waals surface area contributed by atoms with E-state index in [-0.39, 0.29) is 12.3 Å². The van der Waals surface area contributed by atoms with Crippen LogP contribution in [-0.4, -0.2) is 10.0 Å². The highest BCUT2D eigenvalue weighted by Crippen LogP contribution is 2.29. The fraction of sp³-hybridized carbons (Fsp3) is 0.200. The fourth-order valence-electron chi connectivity index (χ4n) is 1.89. The quantitative estimate of drug-likeness (QED) is 0.518. The number of nitro groups is 1. The molecule has 0 saturated carbocycles. The first-order chi connectivity index (χ1) is 9.61. The Kier molecular flexibility index (Phi) is 4.76. The third-order valence-corrected chi connectivity index (χ3v) is 4.12. The van der Waals surface area contributed by atoms with Gasteiger partial charge < -0.3 is 5.11 Å². The van der Waals surface area contributed by atoms with E-state index >= 15 is 0 Å². The second-order valence-electron chi connectivity index (χ2n) is 4.42. The fourth-order valence-corrected chi connectivity index (χ4v) is 2.93. The molecule has 5 heteroatoms. The Morgan fingerprint density at radius 1 is 1.20 bits per heavy atom. The molecular weight excluding hydrogens is 274 g/mol. The number of hydrogen-bond acceptors (Lipinski definition) is 4. The van der Waals surface area contributed by atoms with Crippen molar-refractivity contribution in [2.45, 2.75) is 24.2 Å². The zero-order valence-corrected chi connectivity index (χ0v) is 11.9. The molecular formula is C15H15NO3S. The lowest BCUT2D eigenvalue weighted by atomic mass is 10.1. The molecule has 0 aliphatic rings. The van der Waals surface area contributed by atoms with Crippen molar-refractivity contribution < 1.29 is 10.0 Å². The summed E-state index contributed by atoms with van der Waals surface area (Å²) < 4.78 is 0. The van der Waals surface area contributed by atoms with Gasteiger partial charge in [0, 0.05) is 16.7 Å². The third kappa shape index (κ3) is 3.37. The molecule has 0 saturated heterocycles. The number of rotatable bonds is 5. The van der Waals surface area contributed by atoms with Gasteiger partial charge in [0.25, 0.3) is 5.69 Å². The Morgan fingerprint density at radius 2 is 1.95 bits per heavy atom. The van der Waals surface area contributed by atoms with Crippen LogP contribution in [0.5, 0.6) is 0 Å². The summed E-state index contributed by atoms with van der Waals surface area (Å²) in [5, 5.41) is 20.0. The lowest BCUT2D eigenvalue weighted by Gasteiger charge is -2.07. The van der Waals surface area contributed by atoms with Gasteiger partial charge in [-0.1, -0.05) is 24.3 Å². The molecule has 0 heterocycles. The molecule has 0 spiro atoms. The summed E-state index contributed by atoms with van der Waals surface area (Å²) in [6.45, 7) is 1.74. The summed E-state index contributed by atoms with van der Waals surface area (Å²) in [4.78, 5) is 11.3. The number of aliphatic hydroxyl groups excluding tert-OH is 1.